The lowest BCUT2D eigenvalue weighted by atomic mass is 10.0. The van der Waals surface area contributed by atoms with Crippen LogP contribution in [0.5, 0.6) is 5.75 Å². The molecule has 0 aromatic heterocycles. The lowest BCUT2D eigenvalue weighted by Crippen LogP contribution is -1.81. The second-order valence-electron chi connectivity index (χ2n) is 3.84. The van der Waals surface area contributed by atoms with Gasteiger partial charge in [0.1, 0.15) is 5.75 Å². The smallest absolute Gasteiger partial charge is 0.117 e. The van der Waals surface area contributed by atoms with Gasteiger partial charge in [0.2, 0.25) is 0 Å². The molecule has 0 bridgehead atoms. The predicted molar refractivity (Wildman–Crippen MR) is 74.7 cm³/mol. The molecule has 18 heavy (non-hydrogen) atoms. The number of phenolic OH excluding ortho intramolecular Hbond substituents is 1. The molecule has 0 unspecified atom stereocenters. The van der Waals surface area contributed by atoms with Gasteiger partial charge in [-0.3, -0.25) is 0 Å². The molecule has 1 N–H and O–H groups in total. The van der Waals surface area contributed by atoms with Crippen LogP contribution < -0.4 is 0 Å². The van der Waals surface area contributed by atoms with Crippen molar-refractivity contribution in [3.63, 3.8) is 0 Å². The molecule has 0 atom stereocenters. The largest absolute Gasteiger partial charge is 0.508 e. The summed E-state index contributed by atoms with van der Waals surface area (Å²) in [6, 6.07) is 15.1. The first-order valence-electron chi connectivity index (χ1n) is 5.70. The minimum Gasteiger partial charge on any atom is -0.508 e. The number of aromatic hydroxyl groups is 1. The Labute approximate surface area is 111 Å². The molecular weight excluding hydrogens is 242 g/mol. The summed E-state index contributed by atoms with van der Waals surface area (Å²) < 4.78 is 0. The normalized spacial score (nSPS) is 10.0. The molecule has 90 valence electrons. The Kier molecular flexibility index (Phi) is 3.91. The fourth-order valence-electron chi connectivity index (χ4n) is 1.75. The summed E-state index contributed by atoms with van der Waals surface area (Å²) >= 11 is 1.79. The van der Waals surface area contributed by atoms with Gasteiger partial charge in [-0.2, -0.15) is 5.26 Å². The number of nitriles is 1. The van der Waals surface area contributed by atoms with Crippen molar-refractivity contribution in [2.45, 2.75) is 11.8 Å². The van der Waals surface area contributed by atoms with Crippen LogP contribution in [0, 0.1) is 11.3 Å². The minimum absolute atomic E-state index is 0.121. The van der Waals surface area contributed by atoms with E-state index in [1.807, 2.05) is 18.2 Å². The molecule has 3 heteroatoms. The van der Waals surface area contributed by atoms with E-state index >= 15 is 0 Å². The van der Waals surface area contributed by atoms with Crippen molar-refractivity contribution >= 4 is 11.8 Å². The average Bonchev–Trinajstić information content (AvgIpc) is 2.39. The van der Waals surface area contributed by atoms with E-state index in [9.17, 15) is 5.11 Å². The Bertz CT molecular complexity index is 584. The third kappa shape index (κ3) is 2.85. The summed E-state index contributed by atoms with van der Waals surface area (Å²) in [5.74, 6) is 1.17. The number of hydrogen-bond acceptors (Lipinski definition) is 3. The van der Waals surface area contributed by atoms with Crippen molar-refractivity contribution in [2.24, 2.45) is 0 Å². The number of thioether (sulfide) groups is 1. The SMILES string of the molecule is CCSc1ccc(-c2cc(O)cc(C#N)c2)cc1. The van der Waals surface area contributed by atoms with Crippen LogP contribution in [-0.4, -0.2) is 10.9 Å². The zero-order valence-corrected chi connectivity index (χ0v) is 10.9. The number of nitrogens with zero attached hydrogens (tertiary/aromatic N) is 1. The molecule has 0 aliphatic rings. The van der Waals surface area contributed by atoms with Crippen LogP contribution in [0.4, 0.5) is 0 Å². The van der Waals surface area contributed by atoms with Gasteiger partial charge < -0.3 is 5.11 Å². The van der Waals surface area contributed by atoms with Gasteiger partial charge >= 0.3 is 0 Å². The molecule has 0 heterocycles. The van der Waals surface area contributed by atoms with Gasteiger partial charge in [-0.15, -0.1) is 11.8 Å². The minimum atomic E-state index is 0.121. The summed E-state index contributed by atoms with van der Waals surface area (Å²) in [5.41, 5.74) is 2.33. The highest BCUT2D eigenvalue weighted by molar-refractivity contribution is 7.99. The molecule has 0 aliphatic carbocycles. The fraction of sp³-hybridized carbons (Fsp3) is 0.133. The van der Waals surface area contributed by atoms with Gasteiger partial charge in [-0.05, 0) is 47.2 Å². The van der Waals surface area contributed by atoms with Crippen LogP contribution in [0.15, 0.2) is 47.4 Å². The lowest BCUT2D eigenvalue weighted by molar-refractivity contribution is 0.475. The Morgan fingerprint density at radius 3 is 2.44 bits per heavy atom. The highest BCUT2D eigenvalue weighted by Crippen LogP contribution is 2.27. The molecule has 0 amide bonds. The first kappa shape index (κ1) is 12.5. The molecule has 2 nitrogen and oxygen atoms in total. The number of hydrogen-bond donors (Lipinski definition) is 1. The highest BCUT2D eigenvalue weighted by Gasteiger charge is 2.03. The average molecular weight is 255 g/mol. The van der Waals surface area contributed by atoms with E-state index in [1.165, 1.54) is 11.0 Å². The zero-order chi connectivity index (χ0) is 13.0. The molecule has 2 rings (SSSR count). The van der Waals surface area contributed by atoms with Crippen LogP contribution in [0.25, 0.3) is 11.1 Å². The first-order chi connectivity index (χ1) is 8.72. The maximum atomic E-state index is 9.57. The van der Waals surface area contributed by atoms with E-state index in [0.29, 0.717) is 5.56 Å². The second-order valence-corrected chi connectivity index (χ2v) is 5.18. The highest BCUT2D eigenvalue weighted by atomic mass is 32.2. The van der Waals surface area contributed by atoms with Crippen molar-refractivity contribution in [3.05, 3.63) is 48.0 Å². The molecule has 2 aromatic carbocycles. The Morgan fingerprint density at radius 1 is 1.11 bits per heavy atom. The second kappa shape index (κ2) is 5.61. The summed E-state index contributed by atoms with van der Waals surface area (Å²) in [5, 5.41) is 18.5. The van der Waals surface area contributed by atoms with Gasteiger partial charge in [0.25, 0.3) is 0 Å². The molecule has 0 fully saturated rings. The van der Waals surface area contributed by atoms with Gasteiger partial charge in [-0.1, -0.05) is 19.1 Å². The van der Waals surface area contributed by atoms with Crippen LogP contribution in [0.1, 0.15) is 12.5 Å². The van der Waals surface area contributed by atoms with Crippen molar-refractivity contribution < 1.29 is 5.11 Å². The van der Waals surface area contributed by atoms with Crippen LogP contribution >= 0.6 is 11.8 Å². The van der Waals surface area contributed by atoms with E-state index in [0.717, 1.165) is 16.9 Å². The van der Waals surface area contributed by atoms with Crippen LogP contribution in [-0.2, 0) is 0 Å². The number of rotatable bonds is 3. The Morgan fingerprint density at radius 2 is 1.83 bits per heavy atom. The van der Waals surface area contributed by atoms with E-state index in [4.69, 9.17) is 5.26 Å². The van der Waals surface area contributed by atoms with Crippen LogP contribution in [0.2, 0.25) is 0 Å². The van der Waals surface area contributed by atoms with Crippen molar-refractivity contribution in [1.82, 2.24) is 0 Å². The molecular formula is C15H13NOS. The summed E-state index contributed by atoms with van der Waals surface area (Å²) in [6.07, 6.45) is 0. The zero-order valence-electron chi connectivity index (χ0n) is 10.1. The van der Waals surface area contributed by atoms with Crippen molar-refractivity contribution in [1.29, 1.82) is 5.26 Å². The maximum Gasteiger partial charge on any atom is 0.117 e. The van der Waals surface area contributed by atoms with E-state index in [1.54, 1.807) is 23.9 Å². The van der Waals surface area contributed by atoms with E-state index < -0.39 is 0 Å². The molecule has 0 aliphatic heterocycles. The third-order valence-corrected chi connectivity index (χ3v) is 3.44. The fourth-order valence-corrected chi connectivity index (χ4v) is 2.41. The molecule has 2 aromatic rings. The predicted octanol–water partition coefficient (Wildman–Crippen LogP) is 4.04. The summed E-state index contributed by atoms with van der Waals surface area (Å²) in [4.78, 5) is 1.22. The van der Waals surface area contributed by atoms with E-state index in [-0.39, 0.29) is 5.75 Å². The topological polar surface area (TPSA) is 44.0 Å². The Hall–Kier alpha value is -1.92. The molecule has 0 spiro atoms. The number of benzene rings is 2. The summed E-state index contributed by atoms with van der Waals surface area (Å²) in [6.45, 7) is 2.12. The van der Waals surface area contributed by atoms with E-state index in [2.05, 4.69) is 19.1 Å². The van der Waals surface area contributed by atoms with Crippen molar-refractivity contribution in [2.75, 3.05) is 5.75 Å². The first-order valence-corrected chi connectivity index (χ1v) is 6.69. The molecule has 0 saturated heterocycles. The van der Waals surface area contributed by atoms with Crippen LogP contribution in [0.3, 0.4) is 0 Å². The maximum absolute atomic E-state index is 9.57. The standard InChI is InChI=1S/C15H13NOS/c1-2-18-15-5-3-12(4-6-15)13-7-11(10-16)8-14(17)9-13/h3-9,17H,2H2,1H3. The van der Waals surface area contributed by atoms with Gasteiger partial charge in [0.05, 0.1) is 11.6 Å². The molecule has 0 radical (unpaired) electrons. The lowest BCUT2D eigenvalue weighted by Gasteiger charge is -2.05. The van der Waals surface area contributed by atoms with Crippen molar-refractivity contribution in [3.8, 4) is 22.9 Å². The number of phenols is 1. The molecule has 0 saturated carbocycles. The Balaban J connectivity index is 2.36. The van der Waals surface area contributed by atoms with Gasteiger partial charge in [0, 0.05) is 4.90 Å². The quantitative estimate of drug-likeness (QED) is 0.842. The van der Waals surface area contributed by atoms with Gasteiger partial charge in [-0.25, -0.2) is 0 Å². The third-order valence-electron chi connectivity index (χ3n) is 2.55. The monoisotopic (exact) mass is 255 g/mol. The van der Waals surface area contributed by atoms with Gasteiger partial charge in [0.15, 0.2) is 0 Å². The summed E-state index contributed by atoms with van der Waals surface area (Å²) in [7, 11) is 0.